The second-order valence-corrected chi connectivity index (χ2v) is 8.89. The van der Waals surface area contributed by atoms with Gasteiger partial charge in [-0.2, -0.15) is 10.2 Å². The van der Waals surface area contributed by atoms with E-state index < -0.39 is 6.09 Å². The van der Waals surface area contributed by atoms with Gasteiger partial charge in [-0.1, -0.05) is 20.8 Å². The molecule has 2 aromatic rings. The molecule has 36 heavy (non-hydrogen) atoms. The first-order chi connectivity index (χ1) is 17.2. The Hall–Kier alpha value is -3.34. The van der Waals surface area contributed by atoms with Crippen molar-refractivity contribution in [3.8, 4) is 0 Å². The minimum atomic E-state index is -0.571. The van der Waals surface area contributed by atoms with Crippen LogP contribution >= 0.6 is 0 Å². The minimum absolute atomic E-state index is 0.125. The van der Waals surface area contributed by atoms with Crippen LogP contribution in [0, 0.1) is 0 Å². The van der Waals surface area contributed by atoms with Gasteiger partial charge < -0.3 is 24.3 Å². The summed E-state index contributed by atoms with van der Waals surface area (Å²) in [6, 6.07) is 12.4. The monoisotopic (exact) mass is 500 g/mol. The van der Waals surface area contributed by atoms with Crippen LogP contribution in [0.3, 0.4) is 0 Å². The molecule has 10 heteroatoms. The van der Waals surface area contributed by atoms with Gasteiger partial charge in [0.2, 0.25) is 5.91 Å². The lowest BCUT2D eigenvalue weighted by atomic mass is 9.85. The largest absolute Gasteiger partial charge is 0.447 e. The molecule has 0 bridgehead atoms. The number of rotatable bonds is 13. The molecule has 0 aromatic heterocycles. The predicted octanol–water partition coefficient (Wildman–Crippen LogP) is 5.59. The summed E-state index contributed by atoms with van der Waals surface area (Å²) in [6.07, 6.45) is -0.571. The van der Waals surface area contributed by atoms with E-state index in [-0.39, 0.29) is 24.5 Å². The molecule has 2 amide bonds. The Morgan fingerprint density at radius 3 is 2.00 bits per heavy atom. The summed E-state index contributed by atoms with van der Waals surface area (Å²) in [7, 11) is 1.61. The molecule has 0 aliphatic carbocycles. The third kappa shape index (κ3) is 10.9. The zero-order valence-electron chi connectivity index (χ0n) is 21.6. The molecule has 2 aromatic carbocycles. The lowest BCUT2D eigenvalue weighted by molar-refractivity contribution is -0.114. The molecule has 2 rings (SSSR count). The number of carbonyl (C=O) groups is 2. The normalized spacial score (nSPS) is 11.5. The standard InChI is InChI=1S/C26H36N4O6/c1-19(31)27-24-11-10-22(18-23(24)26(2,3)4)30-29-21-8-6-20(7-9-21)28-25(32)36-17-16-35-15-14-34-13-12-33-5/h6-11,18H,12-17H2,1-5H3,(H,27,31)(H,28,32). The van der Waals surface area contributed by atoms with Gasteiger partial charge in [0.25, 0.3) is 0 Å². The number of hydrogen-bond donors (Lipinski definition) is 2. The van der Waals surface area contributed by atoms with Crippen LogP contribution in [0.15, 0.2) is 52.7 Å². The zero-order chi connectivity index (χ0) is 26.4. The van der Waals surface area contributed by atoms with Gasteiger partial charge in [-0.3, -0.25) is 10.1 Å². The summed E-state index contributed by atoms with van der Waals surface area (Å²) in [4.78, 5) is 23.4. The van der Waals surface area contributed by atoms with Crippen LogP contribution in [0.1, 0.15) is 33.3 Å². The summed E-state index contributed by atoms with van der Waals surface area (Å²) < 4.78 is 20.6. The van der Waals surface area contributed by atoms with Crippen molar-refractivity contribution in [3.05, 3.63) is 48.0 Å². The van der Waals surface area contributed by atoms with Crippen LogP contribution in [0.5, 0.6) is 0 Å². The number of benzene rings is 2. The van der Waals surface area contributed by atoms with Crippen LogP contribution in [-0.2, 0) is 29.2 Å². The highest BCUT2D eigenvalue weighted by atomic mass is 16.6. The Bertz CT molecular complexity index is 1000. The Labute approximate surface area is 212 Å². The van der Waals surface area contributed by atoms with Crippen molar-refractivity contribution in [2.75, 3.05) is 57.4 Å². The number of carbonyl (C=O) groups excluding carboxylic acids is 2. The summed E-state index contributed by atoms with van der Waals surface area (Å²) in [5, 5.41) is 14.1. The second kappa shape index (κ2) is 14.9. The summed E-state index contributed by atoms with van der Waals surface area (Å²) in [5.74, 6) is -0.125. The van der Waals surface area contributed by atoms with Gasteiger partial charge in [0.1, 0.15) is 6.61 Å². The van der Waals surface area contributed by atoms with Crippen LogP contribution in [0.2, 0.25) is 0 Å². The molecule has 0 heterocycles. The van der Waals surface area contributed by atoms with E-state index >= 15 is 0 Å². The predicted molar refractivity (Wildman–Crippen MR) is 139 cm³/mol. The third-order valence-corrected chi connectivity index (χ3v) is 4.78. The average molecular weight is 501 g/mol. The Morgan fingerprint density at radius 2 is 1.39 bits per heavy atom. The van der Waals surface area contributed by atoms with E-state index in [1.165, 1.54) is 6.92 Å². The van der Waals surface area contributed by atoms with Crippen molar-refractivity contribution in [1.82, 2.24) is 0 Å². The molecule has 0 unspecified atom stereocenters. The molecule has 0 saturated heterocycles. The number of azo groups is 1. The van der Waals surface area contributed by atoms with Gasteiger partial charge in [0.05, 0.1) is 44.4 Å². The van der Waals surface area contributed by atoms with E-state index in [0.717, 1.165) is 11.3 Å². The molecule has 0 fully saturated rings. The van der Waals surface area contributed by atoms with E-state index in [1.54, 1.807) is 37.4 Å². The molecular formula is C26H36N4O6. The fourth-order valence-corrected chi connectivity index (χ4v) is 3.05. The Morgan fingerprint density at radius 1 is 0.806 bits per heavy atom. The fourth-order valence-electron chi connectivity index (χ4n) is 3.05. The lowest BCUT2D eigenvalue weighted by Gasteiger charge is -2.23. The first-order valence-electron chi connectivity index (χ1n) is 11.7. The van der Waals surface area contributed by atoms with E-state index in [0.29, 0.717) is 43.5 Å². The molecule has 0 atom stereocenters. The number of methoxy groups -OCH3 is 1. The maximum Gasteiger partial charge on any atom is 0.411 e. The Kier molecular flexibility index (Phi) is 12.0. The number of anilines is 2. The van der Waals surface area contributed by atoms with Gasteiger partial charge in [-0.05, 0) is 53.4 Å². The van der Waals surface area contributed by atoms with Crippen LogP contribution in [-0.4, -0.2) is 58.8 Å². The minimum Gasteiger partial charge on any atom is -0.447 e. The number of amides is 2. The highest BCUT2D eigenvalue weighted by Gasteiger charge is 2.19. The summed E-state index contributed by atoms with van der Waals surface area (Å²) in [5.41, 5.74) is 3.40. The van der Waals surface area contributed by atoms with Gasteiger partial charge >= 0.3 is 6.09 Å². The average Bonchev–Trinajstić information content (AvgIpc) is 2.82. The Balaban J connectivity index is 1.81. The van der Waals surface area contributed by atoms with E-state index in [4.69, 9.17) is 18.9 Å². The number of nitrogens with one attached hydrogen (secondary N) is 2. The topological polar surface area (TPSA) is 120 Å². The fraction of sp³-hybridized carbons (Fsp3) is 0.462. The molecule has 0 aliphatic heterocycles. The van der Waals surface area contributed by atoms with Crippen molar-refractivity contribution in [1.29, 1.82) is 0 Å². The molecule has 196 valence electrons. The summed E-state index contributed by atoms with van der Waals surface area (Å²) in [6.45, 7) is 10.0. The van der Waals surface area contributed by atoms with Crippen LogP contribution in [0.4, 0.5) is 27.5 Å². The smallest absolute Gasteiger partial charge is 0.411 e. The summed E-state index contributed by atoms with van der Waals surface area (Å²) >= 11 is 0. The van der Waals surface area contributed by atoms with E-state index in [9.17, 15) is 9.59 Å². The first-order valence-corrected chi connectivity index (χ1v) is 11.7. The zero-order valence-corrected chi connectivity index (χ0v) is 21.6. The van der Waals surface area contributed by atoms with Crippen LogP contribution in [0.25, 0.3) is 0 Å². The van der Waals surface area contributed by atoms with Gasteiger partial charge in [0.15, 0.2) is 0 Å². The molecule has 0 saturated carbocycles. The van der Waals surface area contributed by atoms with Crippen LogP contribution < -0.4 is 10.6 Å². The molecule has 0 spiro atoms. The number of nitrogens with zero attached hydrogens (tertiary/aromatic N) is 2. The molecular weight excluding hydrogens is 464 g/mol. The van der Waals surface area contributed by atoms with Crippen molar-refractivity contribution < 1.29 is 28.5 Å². The second-order valence-electron chi connectivity index (χ2n) is 8.89. The van der Waals surface area contributed by atoms with Gasteiger partial charge in [-0.25, -0.2) is 4.79 Å². The molecule has 2 N–H and O–H groups in total. The molecule has 0 aliphatic rings. The lowest BCUT2D eigenvalue weighted by Crippen LogP contribution is -2.17. The molecule has 10 nitrogen and oxygen atoms in total. The SMILES string of the molecule is COCCOCCOCCOC(=O)Nc1ccc(N=Nc2ccc(NC(C)=O)c(C(C)(C)C)c2)cc1. The van der Waals surface area contributed by atoms with Gasteiger partial charge in [0, 0.05) is 25.4 Å². The molecule has 0 radical (unpaired) electrons. The maximum absolute atomic E-state index is 11.9. The van der Waals surface area contributed by atoms with Crippen molar-refractivity contribution >= 4 is 34.7 Å². The quantitative estimate of drug-likeness (QED) is 0.273. The van der Waals surface area contributed by atoms with Gasteiger partial charge in [-0.15, -0.1) is 0 Å². The van der Waals surface area contributed by atoms with Crippen molar-refractivity contribution in [2.45, 2.75) is 33.1 Å². The maximum atomic E-state index is 11.9. The third-order valence-electron chi connectivity index (χ3n) is 4.78. The number of ether oxygens (including phenoxy) is 4. The highest BCUT2D eigenvalue weighted by Crippen LogP contribution is 2.33. The van der Waals surface area contributed by atoms with E-state index in [1.807, 2.05) is 12.1 Å². The van der Waals surface area contributed by atoms with E-state index in [2.05, 4.69) is 41.6 Å². The van der Waals surface area contributed by atoms with Crippen molar-refractivity contribution in [2.24, 2.45) is 10.2 Å². The first kappa shape index (κ1) is 28.9. The van der Waals surface area contributed by atoms with Crippen molar-refractivity contribution in [3.63, 3.8) is 0 Å². The number of hydrogen-bond acceptors (Lipinski definition) is 8. The highest BCUT2D eigenvalue weighted by molar-refractivity contribution is 5.90.